The van der Waals surface area contributed by atoms with Crippen molar-refractivity contribution in [2.24, 2.45) is 5.10 Å². The lowest BCUT2D eigenvalue weighted by atomic mass is 10.2. The summed E-state index contributed by atoms with van der Waals surface area (Å²) in [6.45, 7) is 2.02. The standard InChI is InChI=1S/C14H14N2OS/c1-2-12(13-9-6-10-18-13)15-16-14(17)11-7-4-3-5-8-11/h3-10H,2H2,1H3,(H,16,17)/b15-12-. The van der Waals surface area contributed by atoms with Crippen LogP contribution in [-0.4, -0.2) is 11.6 Å². The van der Waals surface area contributed by atoms with Crippen LogP contribution in [0.2, 0.25) is 0 Å². The predicted octanol–water partition coefficient (Wildman–Crippen LogP) is 3.29. The monoisotopic (exact) mass is 258 g/mol. The number of nitrogens with one attached hydrogen (secondary N) is 1. The van der Waals surface area contributed by atoms with Gasteiger partial charge in [0.1, 0.15) is 0 Å². The van der Waals surface area contributed by atoms with Crippen LogP contribution in [0.1, 0.15) is 28.6 Å². The summed E-state index contributed by atoms with van der Waals surface area (Å²) in [6.07, 6.45) is 0.787. The Balaban J connectivity index is 2.08. The minimum Gasteiger partial charge on any atom is -0.267 e. The first-order valence-corrected chi connectivity index (χ1v) is 6.65. The number of hydrogen-bond acceptors (Lipinski definition) is 3. The molecule has 2 aromatic rings. The van der Waals surface area contributed by atoms with E-state index in [0.29, 0.717) is 5.56 Å². The van der Waals surface area contributed by atoms with Crippen LogP contribution in [0.4, 0.5) is 0 Å². The van der Waals surface area contributed by atoms with Crippen molar-refractivity contribution in [3.8, 4) is 0 Å². The van der Waals surface area contributed by atoms with E-state index in [4.69, 9.17) is 0 Å². The Kier molecular flexibility index (Phi) is 4.25. The molecule has 0 atom stereocenters. The van der Waals surface area contributed by atoms with Gasteiger partial charge < -0.3 is 0 Å². The lowest BCUT2D eigenvalue weighted by molar-refractivity contribution is 0.0955. The molecule has 3 nitrogen and oxygen atoms in total. The number of hydrazone groups is 1. The summed E-state index contributed by atoms with van der Waals surface area (Å²) < 4.78 is 0. The van der Waals surface area contributed by atoms with Crippen molar-refractivity contribution in [2.45, 2.75) is 13.3 Å². The van der Waals surface area contributed by atoms with Crippen LogP contribution < -0.4 is 5.43 Å². The fraction of sp³-hybridized carbons (Fsp3) is 0.143. The molecule has 0 fully saturated rings. The molecule has 18 heavy (non-hydrogen) atoms. The van der Waals surface area contributed by atoms with Crippen LogP contribution in [-0.2, 0) is 0 Å². The van der Waals surface area contributed by atoms with E-state index in [2.05, 4.69) is 10.5 Å². The number of carbonyl (C=O) groups is 1. The highest BCUT2D eigenvalue weighted by Crippen LogP contribution is 2.11. The van der Waals surface area contributed by atoms with Crippen molar-refractivity contribution in [3.63, 3.8) is 0 Å². The molecule has 0 spiro atoms. The van der Waals surface area contributed by atoms with Crippen molar-refractivity contribution in [1.82, 2.24) is 5.43 Å². The molecule has 2 rings (SSSR count). The van der Waals surface area contributed by atoms with Gasteiger partial charge in [0.15, 0.2) is 0 Å². The second-order valence-electron chi connectivity index (χ2n) is 3.70. The topological polar surface area (TPSA) is 41.5 Å². The first-order valence-electron chi connectivity index (χ1n) is 5.77. The van der Waals surface area contributed by atoms with Gasteiger partial charge in [-0.1, -0.05) is 31.2 Å². The Morgan fingerprint density at radius 2 is 2.00 bits per heavy atom. The van der Waals surface area contributed by atoms with Crippen molar-refractivity contribution in [3.05, 3.63) is 58.3 Å². The van der Waals surface area contributed by atoms with Gasteiger partial charge in [0, 0.05) is 5.56 Å². The molecule has 0 unspecified atom stereocenters. The maximum atomic E-state index is 11.8. The van der Waals surface area contributed by atoms with Gasteiger partial charge in [-0.25, -0.2) is 5.43 Å². The molecule has 0 aliphatic carbocycles. The highest BCUT2D eigenvalue weighted by molar-refractivity contribution is 7.12. The molecule has 0 radical (unpaired) electrons. The fourth-order valence-electron chi connectivity index (χ4n) is 1.52. The Labute approximate surface area is 110 Å². The van der Waals surface area contributed by atoms with Gasteiger partial charge in [0.05, 0.1) is 10.6 Å². The van der Waals surface area contributed by atoms with Crippen LogP contribution in [0.15, 0.2) is 52.9 Å². The summed E-state index contributed by atoms with van der Waals surface area (Å²) >= 11 is 1.62. The average molecular weight is 258 g/mol. The average Bonchev–Trinajstić information content (AvgIpc) is 2.94. The molecule has 1 aromatic heterocycles. The molecule has 1 N–H and O–H groups in total. The van der Waals surface area contributed by atoms with Gasteiger partial charge in [-0.2, -0.15) is 5.10 Å². The molecule has 1 amide bonds. The maximum Gasteiger partial charge on any atom is 0.271 e. The second kappa shape index (κ2) is 6.12. The molecule has 1 aromatic carbocycles. The zero-order valence-corrected chi connectivity index (χ0v) is 10.9. The molecule has 1 heterocycles. The lowest BCUT2D eigenvalue weighted by Gasteiger charge is -2.02. The number of carbonyl (C=O) groups excluding carboxylic acids is 1. The normalized spacial score (nSPS) is 11.3. The molecule has 0 aliphatic rings. The Morgan fingerprint density at radius 3 is 2.61 bits per heavy atom. The van der Waals surface area contributed by atoms with Crippen LogP contribution in [0.25, 0.3) is 0 Å². The molecule has 0 saturated carbocycles. The van der Waals surface area contributed by atoms with Gasteiger partial charge >= 0.3 is 0 Å². The maximum absolute atomic E-state index is 11.8. The predicted molar refractivity (Wildman–Crippen MR) is 75.1 cm³/mol. The van der Waals surface area contributed by atoms with Crippen molar-refractivity contribution >= 4 is 23.0 Å². The first-order chi connectivity index (χ1) is 8.81. The van der Waals surface area contributed by atoms with Crippen LogP contribution >= 0.6 is 11.3 Å². The summed E-state index contributed by atoms with van der Waals surface area (Å²) in [5, 5.41) is 6.19. The number of rotatable bonds is 4. The molecular weight excluding hydrogens is 244 g/mol. The number of hydrogen-bond donors (Lipinski definition) is 1. The molecular formula is C14H14N2OS. The first kappa shape index (κ1) is 12.5. The largest absolute Gasteiger partial charge is 0.271 e. The lowest BCUT2D eigenvalue weighted by Crippen LogP contribution is -2.19. The van der Waals surface area contributed by atoms with E-state index in [1.165, 1.54) is 0 Å². The number of thiophene rings is 1. The van der Waals surface area contributed by atoms with Gasteiger partial charge in [-0.15, -0.1) is 11.3 Å². The molecule has 92 valence electrons. The van der Waals surface area contributed by atoms with Crippen molar-refractivity contribution in [1.29, 1.82) is 0 Å². The van der Waals surface area contributed by atoms with Gasteiger partial charge in [0.25, 0.3) is 5.91 Å². The third kappa shape index (κ3) is 3.05. The van der Waals surface area contributed by atoms with E-state index in [-0.39, 0.29) is 5.91 Å². The van der Waals surface area contributed by atoms with Crippen LogP contribution in [0.3, 0.4) is 0 Å². The summed E-state index contributed by atoms with van der Waals surface area (Å²) in [6, 6.07) is 13.1. The molecule has 0 aliphatic heterocycles. The van der Waals surface area contributed by atoms with Gasteiger partial charge in [0.2, 0.25) is 0 Å². The smallest absolute Gasteiger partial charge is 0.267 e. The second-order valence-corrected chi connectivity index (χ2v) is 4.64. The number of benzene rings is 1. The summed E-state index contributed by atoms with van der Waals surface area (Å²) in [5.41, 5.74) is 4.11. The van der Waals surface area contributed by atoms with E-state index in [9.17, 15) is 4.79 Å². The Hall–Kier alpha value is -1.94. The van der Waals surface area contributed by atoms with Crippen LogP contribution in [0.5, 0.6) is 0 Å². The molecule has 0 bridgehead atoms. The zero-order chi connectivity index (χ0) is 12.8. The van der Waals surface area contributed by atoms with Crippen LogP contribution in [0, 0.1) is 0 Å². The summed E-state index contributed by atoms with van der Waals surface area (Å²) in [4.78, 5) is 12.9. The highest BCUT2D eigenvalue weighted by atomic mass is 32.1. The fourth-order valence-corrected chi connectivity index (χ4v) is 2.31. The summed E-state index contributed by atoms with van der Waals surface area (Å²) in [7, 11) is 0. The van der Waals surface area contributed by atoms with E-state index >= 15 is 0 Å². The van der Waals surface area contributed by atoms with Crippen molar-refractivity contribution < 1.29 is 4.79 Å². The van der Waals surface area contributed by atoms with Gasteiger partial charge in [-0.05, 0) is 30.0 Å². The quantitative estimate of drug-likeness (QED) is 0.663. The zero-order valence-electron chi connectivity index (χ0n) is 10.1. The van der Waals surface area contributed by atoms with E-state index < -0.39 is 0 Å². The van der Waals surface area contributed by atoms with Crippen molar-refractivity contribution in [2.75, 3.05) is 0 Å². The number of nitrogens with zero attached hydrogens (tertiary/aromatic N) is 1. The molecule has 4 heteroatoms. The Bertz CT molecular complexity index is 532. The minimum atomic E-state index is -0.182. The van der Waals surface area contributed by atoms with E-state index in [1.807, 2.05) is 42.6 Å². The van der Waals surface area contributed by atoms with Gasteiger partial charge in [-0.3, -0.25) is 4.79 Å². The number of amides is 1. The summed E-state index contributed by atoms with van der Waals surface area (Å²) in [5.74, 6) is -0.182. The Morgan fingerprint density at radius 1 is 1.22 bits per heavy atom. The van der Waals surface area contributed by atoms with E-state index in [0.717, 1.165) is 17.0 Å². The van der Waals surface area contributed by atoms with E-state index in [1.54, 1.807) is 23.5 Å². The molecule has 0 saturated heterocycles. The third-order valence-corrected chi connectivity index (χ3v) is 3.39. The SMILES string of the molecule is CC/C(=N/NC(=O)c1ccccc1)c1cccs1. The third-order valence-electron chi connectivity index (χ3n) is 2.47. The minimum absolute atomic E-state index is 0.182. The highest BCUT2D eigenvalue weighted by Gasteiger charge is 2.05.